The maximum atomic E-state index is 11.9. The summed E-state index contributed by atoms with van der Waals surface area (Å²) in [6.45, 7) is 0. The van der Waals surface area contributed by atoms with Crippen molar-refractivity contribution in [3.63, 3.8) is 0 Å². The van der Waals surface area contributed by atoms with Crippen LogP contribution < -0.4 is 11.1 Å². The first kappa shape index (κ1) is 12.5. The summed E-state index contributed by atoms with van der Waals surface area (Å²) >= 11 is 0. The summed E-state index contributed by atoms with van der Waals surface area (Å²) in [7, 11) is 0. The van der Waals surface area contributed by atoms with Crippen LogP contribution in [-0.4, -0.2) is 15.8 Å². The van der Waals surface area contributed by atoms with Crippen LogP contribution >= 0.6 is 0 Å². The minimum atomic E-state index is -0.531. The molecular formula is C12H10N4O3. The Morgan fingerprint density at radius 3 is 2.84 bits per heavy atom. The molecule has 0 aliphatic carbocycles. The zero-order valence-corrected chi connectivity index (χ0v) is 9.74. The summed E-state index contributed by atoms with van der Waals surface area (Å²) in [6.07, 6.45) is 2.81. The molecule has 0 atom stereocenters. The summed E-state index contributed by atoms with van der Waals surface area (Å²) < 4.78 is 0. The Morgan fingerprint density at radius 1 is 1.37 bits per heavy atom. The summed E-state index contributed by atoms with van der Waals surface area (Å²) in [5, 5.41) is 13.2. The van der Waals surface area contributed by atoms with Crippen molar-refractivity contribution in [1.82, 2.24) is 4.98 Å². The van der Waals surface area contributed by atoms with E-state index in [1.165, 1.54) is 36.7 Å². The van der Waals surface area contributed by atoms with E-state index >= 15 is 0 Å². The largest absolute Gasteiger partial charge is 0.397 e. The first-order valence-electron chi connectivity index (χ1n) is 5.33. The maximum Gasteiger partial charge on any atom is 0.271 e. The zero-order chi connectivity index (χ0) is 13.8. The van der Waals surface area contributed by atoms with Gasteiger partial charge >= 0.3 is 0 Å². The second-order valence-corrected chi connectivity index (χ2v) is 3.72. The molecule has 1 aromatic carbocycles. The fraction of sp³-hybridized carbons (Fsp3) is 0. The summed E-state index contributed by atoms with van der Waals surface area (Å²) in [5.41, 5.74) is 6.36. The number of amides is 1. The number of nitro groups is 1. The summed E-state index contributed by atoms with van der Waals surface area (Å²) in [5.74, 6) is -0.444. The molecule has 0 bridgehead atoms. The van der Waals surface area contributed by atoms with Crippen molar-refractivity contribution in [2.45, 2.75) is 0 Å². The second-order valence-electron chi connectivity index (χ2n) is 3.72. The molecule has 0 radical (unpaired) electrons. The van der Waals surface area contributed by atoms with Crippen LogP contribution in [0.3, 0.4) is 0 Å². The smallest absolute Gasteiger partial charge is 0.271 e. The summed E-state index contributed by atoms with van der Waals surface area (Å²) in [4.78, 5) is 25.8. The fourth-order valence-electron chi connectivity index (χ4n) is 1.51. The number of rotatable bonds is 3. The van der Waals surface area contributed by atoms with Gasteiger partial charge in [-0.3, -0.25) is 19.9 Å². The second kappa shape index (κ2) is 5.13. The number of nitrogens with one attached hydrogen (secondary N) is 1. The number of hydrogen-bond acceptors (Lipinski definition) is 5. The van der Waals surface area contributed by atoms with Gasteiger partial charge < -0.3 is 11.1 Å². The predicted molar refractivity (Wildman–Crippen MR) is 69.7 cm³/mol. The highest BCUT2D eigenvalue weighted by atomic mass is 16.6. The Labute approximate surface area is 108 Å². The molecule has 1 heterocycles. The van der Waals surface area contributed by atoms with Crippen molar-refractivity contribution in [2.24, 2.45) is 0 Å². The monoisotopic (exact) mass is 258 g/mol. The van der Waals surface area contributed by atoms with Gasteiger partial charge in [0.15, 0.2) is 0 Å². The van der Waals surface area contributed by atoms with Gasteiger partial charge in [0.05, 0.1) is 22.4 Å². The predicted octanol–water partition coefficient (Wildman–Crippen LogP) is 1.82. The van der Waals surface area contributed by atoms with Gasteiger partial charge in [-0.1, -0.05) is 6.07 Å². The third-order valence-corrected chi connectivity index (χ3v) is 2.41. The van der Waals surface area contributed by atoms with E-state index in [4.69, 9.17) is 5.73 Å². The van der Waals surface area contributed by atoms with Crippen molar-refractivity contribution in [3.05, 3.63) is 58.4 Å². The number of anilines is 2. The maximum absolute atomic E-state index is 11.9. The lowest BCUT2D eigenvalue weighted by atomic mass is 10.2. The van der Waals surface area contributed by atoms with Crippen molar-refractivity contribution in [3.8, 4) is 0 Å². The average molecular weight is 258 g/mol. The van der Waals surface area contributed by atoms with Gasteiger partial charge in [0.1, 0.15) is 0 Å². The SMILES string of the molecule is Nc1cnccc1C(=O)Nc1cccc([N+](=O)[O-])c1. The van der Waals surface area contributed by atoms with E-state index in [9.17, 15) is 14.9 Å². The molecule has 0 spiro atoms. The minimum Gasteiger partial charge on any atom is -0.397 e. The number of carbonyl (C=O) groups is 1. The minimum absolute atomic E-state index is 0.0968. The molecule has 0 saturated carbocycles. The lowest BCUT2D eigenvalue weighted by molar-refractivity contribution is -0.384. The Balaban J connectivity index is 2.22. The molecule has 3 N–H and O–H groups in total. The quantitative estimate of drug-likeness (QED) is 0.644. The molecule has 19 heavy (non-hydrogen) atoms. The third-order valence-electron chi connectivity index (χ3n) is 2.41. The first-order chi connectivity index (χ1) is 9.08. The topological polar surface area (TPSA) is 111 Å². The van der Waals surface area contributed by atoms with E-state index in [0.717, 1.165) is 0 Å². The normalized spacial score (nSPS) is 9.89. The molecular weight excluding hydrogens is 248 g/mol. The molecule has 0 unspecified atom stereocenters. The number of nitrogen functional groups attached to an aromatic ring is 1. The van der Waals surface area contributed by atoms with Crippen LogP contribution in [0.15, 0.2) is 42.7 Å². The number of benzene rings is 1. The van der Waals surface area contributed by atoms with Gasteiger partial charge in [-0.15, -0.1) is 0 Å². The Bertz CT molecular complexity index is 642. The van der Waals surface area contributed by atoms with Crippen molar-refractivity contribution >= 4 is 23.0 Å². The van der Waals surface area contributed by atoms with Crippen LogP contribution in [0.25, 0.3) is 0 Å². The van der Waals surface area contributed by atoms with Crippen LogP contribution in [0.1, 0.15) is 10.4 Å². The molecule has 2 rings (SSSR count). The van der Waals surface area contributed by atoms with E-state index in [2.05, 4.69) is 10.3 Å². The van der Waals surface area contributed by atoms with Gasteiger partial charge in [0.2, 0.25) is 0 Å². The number of carbonyl (C=O) groups excluding carboxylic acids is 1. The molecule has 7 heteroatoms. The molecule has 1 amide bonds. The number of pyridine rings is 1. The number of aromatic nitrogens is 1. The molecule has 7 nitrogen and oxygen atoms in total. The molecule has 0 saturated heterocycles. The fourth-order valence-corrected chi connectivity index (χ4v) is 1.51. The van der Waals surface area contributed by atoms with Crippen LogP contribution in [0, 0.1) is 10.1 Å². The number of nitro benzene ring substituents is 1. The lowest BCUT2D eigenvalue weighted by Crippen LogP contribution is -2.14. The third kappa shape index (κ3) is 2.83. The van der Waals surface area contributed by atoms with Crippen LogP contribution in [0.4, 0.5) is 17.1 Å². The van der Waals surface area contributed by atoms with Crippen molar-refractivity contribution in [2.75, 3.05) is 11.1 Å². The molecule has 0 aliphatic rings. The van der Waals surface area contributed by atoms with Crippen LogP contribution in [0.5, 0.6) is 0 Å². The Hall–Kier alpha value is -2.96. The molecule has 0 fully saturated rings. The first-order valence-corrected chi connectivity index (χ1v) is 5.33. The number of nitrogens with zero attached hydrogens (tertiary/aromatic N) is 2. The van der Waals surface area contributed by atoms with E-state index in [1.54, 1.807) is 6.07 Å². The highest BCUT2D eigenvalue weighted by molar-refractivity contribution is 6.07. The van der Waals surface area contributed by atoms with Gasteiger partial charge in [-0.25, -0.2) is 0 Å². The lowest BCUT2D eigenvalue weighted by Gasteiger charge is -2.06. The van der Waals surface area contributed by atoms with E-state index in [1.807, 2.05) is 0 Å². The number of non-ortho nitro benzene ring substituents is 1. The molecule has 96 valence electrons. The highest BCUT2D eigenvalue weighted by Crippen LogP contribution is 2.18. The van der Waals surface area contributed by atoms with Gasteiger partial charge in [-0.05, 0) is 12.1 Å². The van der Waals surface area contributed by atoms with E-state index < -0.39 is 10.8 Å². The summed E-state index contributed by atoms with van der Waals surface area (Å²) in [6, 6.07) is 7.14. The van der Waals surface area contributed by atoms with Gasteiger partial charge in [0, 0.05) is 24.0 Å². The van der Waals surface area contributed by atoms with Gasteiger partial charge in [0.25, 0.3) is 11.6 Å². The standard InChI is InChI=1S/C12H10N4O3/c13-11-7-14-5-4-10(11)12(17)15-8-2-1-3-9(6-8)16(18)19/h1-7H,13H2,(H,15,17). The van der Waals surface area contributed by atoms with Crippen molar-refractivity contribution in [1.29, 1.82) is 0 Å². The van der Waals surface area contributed by atoms with Crippen LogP contribution in [-0.2, 0) is 0 Å². The molecule has 1 aromatic heterocycles. The zero-order valence-electron chi connectivity index (χ0n) is 9.74. The molecule has 0 aliphatic heterocycles. The van der Waals surface area contributed by atoms with E-state index in [-0.39, 0.29) is 16.9 Å². The van der Waals surface area contributed by atoms with E-state index in [0.29, 0.717) is 5.69 Å². The Kier molecular flexibility index (Phi) is 3.37. The van der Waals surface area contributed by atoms with Crippen LogP contribution in [0.2, 0.25) is 0 Å². The Morgan fingerprint density at radius 2 is 2.16 bits per heavy atom. The number of nitrogens with two attached hydrogens (primary N) is 1. The van der Waals surface area contributed by atoms with Gasteiger partial charge in [-0.2, -0.15) is 0 Å². The highest BCUT2D eigenvalue weighted by Gasteiger charge is 2.11. The average Bonchev–Trinajstić information content (AvgIpc) is 2.39. The number of hydrogen-bond donors (Lipinski definition) is 2. The molecule has 2 aromatic rings. The van der Waals surface area contributed by atoms with Crippen molar-refractivity contribution < 1.29 is 9.72 Å².